The van der Waals surface area contributed by atoms with Crippen LogP contribution in [-0.4, -0.2) is 6.54 Å². The van der Waals surface area contributed by atoms with Crippen LogP contribution in [0.3, 0.4) is 0 Å². The highest BCUT2D eigenvalue weighted by molar-refractivity contribution is 5.26. The summed E-state index contributed by atoms with van der Waals surface area (Å²) in [6.07, 6.45) is 0. The van der Waals surface area contributed by atoms with Crippen molar-refractivity contribution in [3.05, 3.63) is 71.0 Å². The van der Waals surface area contributed by atoms with Gasteiger partial charge in [0.2, 0.25) is 0 Å². The van der Waals surface area contributed by atoms with E-state index in [4.69, 9.17) is 5.73 Å². The third kappa shape index (κ3) is 3.63. The number of hydrogen-bond acceptors (Lipinski definition) is 2. The van der Waals surface area contributed by atoms with Gasteiger partial charge in [-0.3, -0.25) is 0 Å². The number of benzene rings is 2. The molecule has 100 valence electrons. The van der Waals surface area contributed by atoms with Gasteiger partial charge < -0.3 is 11.1 Å². The Bertz CT molecular complexity index is 526. The molecule has 0 amide bonds. The standard InChI is InChI=1S/C16H19FN2/c1-12-7-8-14(9-15(12)17)16(10-18)19-11-13-5-3-2-4-6-13/h2-9,16,19H,10-11,18H2,1H3. The number of halogens is 1. The first kappa shape index (κ1) is 13.7. The predicted molar refractivity (Wildman–Crippen MR) is 76.2 cm³/mol. The minimum absolute atomic E-state index is 0.0321. The third-order valence-corrected chi connectivity index (χ3v) is 3.23. The second kappa shape index (κ2) is 6.45. The maximum Gasteiger partial charge on any atom is 0.126 e. The fourth-order valence-electron chi connectivity index (χ4n) is 2.00. The number of nitrogens with two attached hydrogens (primary N) is 1. The molecule has 0 aliphatic heterocycles. The molecule has 3 N–H and O–H groups in total. The highest BCUT2D eigenvalue weighted by atomic mass is 19.1. The van der Waals surface area contributed by atoms with Gasteiger partial charge >= 0.3 is 0 Å². The molecule has 1 atom stereocenters. The van der Waals surface area contributed by atoms with E-state index < -0.39 is 0 Å². The monoisotopic (exact) mass is 258 g/mol. The van der Waals surface area contributed by atoms with Crippen LogP contribution in [0.4, 0.5) is 4.39 Å². The molecule has 0 bridgehead atoms. The van der Waals surface area contributed by atoms with Crippen molar-refractivity contribution in [3.8, 4) is 0 Å². The lowest BCUT2D eigenvalue weighted by atomic mass is 10.0. The minimum atomic E-state index is -0.183. The second-order valence-electron chi connectivity index (χ2n) is 4.66. The first-order valence-electron chi connectivity index (χ1n) is 6.44. The molecule has 0 heterocycles. The summed E-state index contributed by atoms with van der Waals surface area (Å²) in [5.41, 5.74) is 8.51. The molecule has 2 nitrogen and oxygen atoms in total. The molecule has 0 aliphatic carbocycles. The lowest BCUT2D eigenvalue weighted by Gasteiger charge is -2.18. The van der Waals surface area contributed by atoms with E-state index in [1.54, 1.807) is 19.1 Å². The summed E-state index contributed by atoms with van der Waals surface area (Å²) < 4.78 is 13.6. The van der Waals surface area contributed by atoms with E-state index in [2.05, 4.69) is 17.4 Å². The van der Waals surface area contributed by atoms with E-state index in [-0.39, 0.29) is 11.9 Å². The van der Waals surface area contributed by atoms with Crippen LogP contribution in [0.25, 0.3) is 0 Å². The van der Waals surface area contributed by atoms with Crippen LogP contribution >= 0.6 is 0 Å². The second-order valence-corrected chi connectivity index (χ2v) is 4.66. The number of rotatable bonds is 5. The molecular formula is C16H19FN2. The topological polar surface area (TPSA) is 38.0 Å². The molecule has 1 unspecified atom stereocenters. The zero-order valence-corrected chi connectivity index (χ0v) is 11.1. The van der Waals surface area contributed by atoms with Crippen LogP contribution in [0.2, 0.25) is 0 Å². The van der Waals surface area contributed by atoms with Crippen molar-refractivity contribution in [2.75, 3.05) is 6.54 Å². The molecular weight excluding hydrogens is 239 g/mol. The van der Waals surface area contributed by atoms with Gasteiger partial charge in [0.05, 0.1) is 0 Å². The maximum atomic E-state index is 13.6. The highest BCUT2D eigenvalue weighted by Gasteiger charge is 2.10. The van der Waals surface area contributed by atoms with Gasteiger partial charge in [0.25, 0.3) is 0 Å². The Kier molecular flexibility index (Phi) is 4.66. The van der Waals surface area contributed by atoms with Crippen LogP contribution in [0.1, 0.15) is 22.7 Å². The smallest absolute Gasteiger partial charge is 0.126 e. The van der Waals surface area contributed by atoms with E-state index >= 15 is 0 Å². The molecule has 0 radical (unpaired) electrons. The minimum Gasteiger partial charge on any atom is -0.329 e. The van der Waals surface area contributed by atoms with Gasteiger partial charge in [-0.15, -0.1) is 0 Å². The van der Waals surface area contributed by atoms with E-state index in [1.165, 1.54) is 5.56 Å². The van der Waals surface area contributed by atoms with Crippen molar-refractivity contribution >= 4 is 0 Å². The van der Waals surface area contributed by atoms with E-state index in [0.717, 1.165) is 12.1 Å². The van der Waals surface area contributed by atoms with Crippen molar-refractivity contribution in [2.45, 2.75) is 19.5 Å². The Morgan fingerprint density at radius 3 is 2.53 bits per heavy atom. The Morgan fingerprint density at radius 2 is 1.89 bits per heavy atom. The molecule has 0 saturated carbocycles. The van der Waals surface area contributed by atoms with Crippen molar-refractivity contribution in [1.29, 1.82) is 0 Å². The lowest BCUT2D eigenvalue weighted by Crippen LogP contribution is -2.28. The summed E-state index contributed by atoms with van der Waals surface area (Å²) in [5.74, 6) is -0.183. The third-order valence-electron chi connectivity index (χ3n) is 3.23. The highest BCUT2D eigenvalue weighted by Crippen LogP contribution is 2.16. The molecule has 2 aromatic carbocycles. The normalized spacial score (nSPS) is 12.4. The van der Waals surface area contributed by atoms with E-state index in [0.29, 0.717) is 12.1 Å². The average Bonchev–Trinajstić information content (AvgIpc) is 2.44. The molecule has 2 rings (SSSR count). The van der Waals surface area contributed by atoms with Gasteiger partial charge in [-0.1, -0.05) is 42.5 Å². The number of nitrogens with one attached hydrogen (secondary N) is 1. The zero-order chi connectivity index (χ0) is 13.7. The van der Waals surface area contributed by atoms with Gasteiger partial charge in [0, 0.05) is 19.1 Å². The number of aryl methyl sites for hydroxylation is 1. The first-order valence-corrected chi connectivity index (χ1v) is 6.44. The van der Waals surface area contributed by atoms with Crippen molar-refractivity contribution < 1.29 is 4.39 Å². The molecule has 0 fully saturated rings. The summed E-state index contributed by atoms with van der Waals surface area (Å²) in [4.78, 5) is 0. The maximum absolute atomic E-state index is 13.6. The zero-order valence-electron chi connectivity index (χ0n) is 11.1. The van der Waals surface area contributed by atoms with E-state index in [1.807, 2.05) is 24.3 Å². The van der Waals surface area contributed by atoms with Crippen LogP contribution < -0.4 is 11.1 Å². The largest absolute Gasteiger partial charge is 0.329 e. The Hall–Kier alpha value is -1.71. The van der Waals surface area contributed by atoms with Gasteiger partial charge in [0.15, 0.2) is 0 Å². The van der Waals surface area contributed by atoms with E-state index in [9.17, 15) is 4.39 Å². The summed E-state index contributed by atoms with van der Waals surface area (Å²) in [5, 5.41) is 3.36. The average molecular weight is 258 g/mol. The van der Waals surface area contributed by atoms with Gasteiger partial charge in [-0.25, -0.2) is 4.39 Å². The van der Waals surface area contributed by atoms with Crippen LogP contribution in [0, 0.1) is 12.7 Å². The lowest BCUT2D eigenvalue weighted by molar-refractivity contribution is 0.535. The predicted octanol–water partition coefficient (Wildman–Crippen LogP) is 2.92. The van der Waals surface area contributed by atoms with Gasteiger partial charge in [-0.2, -0.15) is 0 Å². The molecule has 0 saturated heterocycles. The number of hydrogen-bond donors (Lipinski definition) is 2. The fourth-order valence-corrected chi connectivity index (χ4v) is 2.00. The Balaban J connectivity index is 2.05. The molecule has 0 aromatic heterocycles. The van der Waals surface area contributed by atoms with Gasteiger partial charge in [0.1, 0.15) is 5.82 Å². The molecule has 0 aliphatic rings. The molecule has 0 spiro atoms. The quantitative estimate of drug-likeness (QED) is 0.865. The van der Waals surface area contributed by atoms with Crippen LogP contribution in [0.15, 0.2) is 48.5 Å². The van der Waals surface area contributed by atoms with Gasteiger partial charge in [-0.05, 0) is 29.7 Å². The molecule has 3 heteroatoms. The summed E-state index contributed by atoms with van der Waals surface area (Å²) in [6, 6.07) is 15.3. The molecule has 2 aromatic rings. The van der Waals surface area contributed by atoms with Crippen molar-refractivity contribution in [2.24, 2.45) is 5.73 Å². The summed E-state index contributed by atoms with van der Waals surface area (Å²) >= 11 is 0. The first-order chi connectivity index (χ1) is 9.20. The van der Waals surface area contributed by atoms with Crippen LogP contribution in [-0.2, 0) is 6.54 Å². The van der Waals surface area contributed by atoms with Crippen molar-refractivity contribution in [1.82, 2.24) is 5.32 Å². The van der Waals surface area contributed by atoms with Crippen LogP contribution in [0.5, 0.6) is 0 Å². The molecule has 19 heavy (non-hydrogen) atoms. The fraction of sp³-hybridized carbons (Fsp3) is 0.250. The summed E-state index contributed by atoms with van der Waals surface area (Å²) in [6.45, 7) is 2.92. The summed E-state index contributed by atoms with van der Waals surface area (Å²) in [7, 11) is 0. The Morgan fingerprint density at radius 1 is 1.16 bits per heavy atom. The Labute approximate surface area is 113 Å². The SMILES string of the molecule is Cc1ccc(C(CN)NCc2ccccc2)cc1F. The van der Waals surface area contributed by atoms with Crippen molar-refractivity contribution in [3.63, 3.8) is 0 Å².